The Morgan fingerprint density at radius 1 is 1.18 bits per heavy atom. The minimum Gasteiger partial charge on any atom is -0.378 e. The van der Waals surface area contributed by atoms with Gasteiger partial charge in [0.15, 0.2) is 0 Å². The van der Waals surface area contributed by atoms with Gasteiger partial charge in [-0.05, 0) is 30.2 Å². The third-order valence-corrected chi connectivity index (χ3v) is 5.60. The molecule has 1 fully saturated rings. The van der Waals surface area contributed by atoms with Crippen LogP contribution in [0.3, 0.4) is 0 Å². The fraction of sp³-hybridized carbons (Fsp3) is 0.214. The van der Waals surface area contributed by atoms with E-state index >= 15 is 0 Å². The summed E-state index contributed by atoms with van der Waals surface area (Å²) in [7, 11) is 0. The Morgan fingerprint density at radius 2 is 2.00 bits per heavy atom. The van der Waals surface area contributed by atoms with Crippen LogP contribution in [0.5, 0.6) is 0 Å². The lowest BCUT2D eigenvalue weighted by Gasteiger charge is -2.28. The zero-order valence-electron chi connectivity index (χ0n) is 19.5. The fourth-order valence-corrected chi connectivity index (χ4v) is 3.90. The van der Waals surface area contributed by atoms with Gasteiger partial charge in [-0.1, -0.05) is 73.4 Å². The highest BCUT2D eigenvalue weighted by atomic mass is 16.5. The Balaban J connectivity index is 1.79. The summed E-state index contributed by atoms with van der Waals surface area (Å²) in [5, 5.41) is 11.2. The Labute approximate surface area is 201 Å². The summed E-state index contributed by atoms with van der Waals surface area (Å²) in [6, 6.07) is 14.4. The van der Waals surface area contributed by atoms with Gasteiger partial charge in [0.1, 0.15) is 5.82 Å². The van der Waals surface area contributed by atoms with E-state index < -0.39 is 0 Å². The lowest BCUT2D eigenvalue weighted by molar-refractivity contribution is 0.122. The van der Waals surface area contributed by atoms with Gasteiger partial charge in [-0.15, -0.1) is 0 Å². The number of H-pyrrole nitrogens is 1. The number of rotatable bonds is 6. The molecular formula is C28H31N5O. The summed E-state index contributed by atoms with van der Waals surface area (Å²) in [6.07, 6.45) is 15.8. The van der Waals surface area contributed by atoms with Crippen molar-refractivity contribution >= 4 is 17.1 Å². The number of ether oxygens (including phenoxy) is 1. The van der Waals surface area contributed by atoms with E-state index in [1.54, 1.807) is 12.3 Å². The van der Waals surface area contributed by atoms with Gasteiger partial charge >= 0.3 is 0 Å². The van der Waals surface area contributed by atoms with Gasteiger partial charge in [0, 0.05) is 25.4 Å². The standard InChI is InChI=1S/C28H31N5O/c1-3-9-22(10-4-2)27-21-28(33-17-19-34-20-18-33)31-26(15-16-29-32-27)25-14-8-13-24(30-25)23-11-6-5-7-12-23/h3-16,21,24,30,32H,1,17-20H2,2H3/b10-4-,22-9+,26-15?,27-21?,29-16?,31-28?. The van der Waals surface area contributed by atoms with Crippen molar-refractivity contribution in [3.63, 3.8) is 0 Å². The second kappa shape index (κ2) is 11.8. The van der Waals surface area contributed by atoms with Crippen LogP contribution in [0.1, 0.15) is 29.9 Å². The molecule has 2 aromatic rings. The van der Waals surface area contributed by atoms with Crippen molar-refractivity contribution in [3.8, 4) is 0 Å². The van der Waals surface area contributed by atoms with Crippen molar-refractivity contribution in [2.24, 2.45) is 0 Å². The zero-order valence-corrected chi connectivity index (χ0v) is 19.5. The normalized spacial score (nSPS) is 18.3. The molecule has 2 aliphatic heterocycles. The topological polar surface area (TPSA) is 66.1 Å². The Kier molecular flexibility index (Phi) is 8.08. The molecule has 1 unspecified atom stereocenters. The third-order valence-electron chi connectivity index (χ3n) is 5.60. The smallest absolute Gasteiger partial charge is 0.131 e. The van der Waals surface area contributed by atoms with Gasteiger partial charge in [0.05, 0.1) is 36.3 Å². The van der Waals surface area contributed by atoms with Crippen LogP contribution in [-0.2, 0) is 4.74 Å². The first-order valence-electron chi connectivity index (χ1n) is 11.6. The summed E-state index contributed by atoms with van der Waals surface area (Å²) in [4.78, 5) is 7.37. The Bertz CT molecular complexity index is 1150. The molecule has 0 aliphatic carbocycles. The number of allylic oxidation sites excluding steroid dienone is 7. The van der Waals surface area contributed by atoms with Crippen LogP contribution >= 0.6 is 0 Å². The minimum absolute atomic E-state index is 0.0785. The van der Waals surface area contributed by atoms with Crippen LogP contribution in [-0.4, -0.2) is 41.5 Å². The number of hydrogen-bond acceptors (Lipinski definition) is 5. The molecule has 3 heterocycles. The fourth-order valence-electron chi connectivity index (χ4n) is 3.90. The molecule has 0 spiro atoms. The maximum Gasteiger partial charge on any atom is 0.131 e. The van der Waals surface area contributed by atoms with E-state index in [-0.39, 0.29) is 6.04 Å². The second-order valence-corrected chi connectivity index (χ2v) is 7.92. The Morgan fingerprint density at radius 3 is 2.76 bits per heavy atom. The molecular weight excluding hydrogens is 422 g/mol. The van der Waals surface area contributed by atoms with Crippen molar-refractivity contribution in [1.82, 2.24) is 20.5 Å². The quantitative estimate of drug-likeness (QED) is 0.592. The zero-order chi connectivity index (χ0) is 23.6. The van der Waals surface area contributed by atoms with E-state index in [1.807, 2.05) is 43.4 Å². The number of morpholine rings is 1. The largest absolute Gasteiger partial charge is 0.378 e. The molecule has 1 aromatic heterocycles. The van der Waals surface area contributed by atoms with Crippen molar-refractivity contribution in [3.05, 3.63) is 115 Å². The highest BCUT2D eigenvalue weighted by Crippen LogP contribution is 2.24. The predicted octanol–water partition coefficient (Wildman–Crippen LogP) is 5.15. The molecule has 174 valence electrons. The average Bonchev–Trinajstić information content (AvgIpc) is 3.00. The molecule has 6 heteroatoms. The molecule has 6 nitrogen and oxygen atoms in total. The summed E-state index contributed by atoms with van der Waals surface area (Å²) < 4.78 is 5.59. The van der Waals surface area contributed by atoms with E-state index in [9.17, 15) is 0 Å². The first-order chi connectivity index (χ1) is 16.8. The number of nitrogens with zero attached hydrogens (tertiary/aromatic N) is 3. The van der Waals surface area contributed by atoms with Crippen LogP contribution in [0.2, 0.25) is 0 Å². The minimum atomic E-state index is 0.0785. The number of benzene rings is 1. The predicted molar refractivity (Wildman–Crippen MR) is 139 cm³/mol. The molecule has 2 N–H and O–H groups in total. The molecule has 2 aliphatic rings. The molecule has 0 amide bonds. The monoisotopic (exact) mass is 453 g/mol. The summed E-state index contributed by atoms with van der Waals surface area (Å²) in [5.41, 5.74) is 4.78. The summed E-state index contributed by atoms with van der Waals surface area (Å²) >= 11 is 0. The molecule has 1 aromatic carbocycles. The van der Waals surface area contributed by atoms with Gasteiger partial charge in [-0.3, -0.25) is 5.10 Å². The van der Waals surface area contributed by atoms with E-state index in [0.29, 0.717) is 13.2 Å². The summed E-state index contributed by atoms with van der Waals surface area (Å²) in [5.74, 6) is 0.857. The third kappa shape index (κ3) is 5.91. The maximum absolute atomic E-state index is 5.59. The van der Waals surface area contributed by atoms with Crippen molar-refractivity contribution in [1.29, 1.82) is 0 Å². The van der Waals surface area contributed by atoms with Crippen LogP contribution in [0.4, 0.5) is 5.82 Å². The van der Waals surface area contributed by atoms with Crippen molar-refractivity contribution in [2.45, 2.75) is 13.0 Å². The van der Waals surface area contributed by atoms with Crippen molar-refractivity contribution < 1.29 is 4.74 Å². The number of dihydropyridines is 1. The highest BCUT2D eigenvalue weighted by Gasteiger charge is 2.17. The van der Waals surface area contributed by atoms with Crippen LogP contribution < -0.4 is 10.2 Å². The molecule has 1 atom stereocenters. The maximum atomic E-state index is 5.59. The van der Waals surface area contributed by atoms with Gasteiger partial charge in [0.25, 0.3) is 0 Å². The number of anilines is 1. The summed E-state index contributed by atoms with van der Waals surface area (Å²) in [6.45, 7) is 8.76. The number of hydrogen-bond donors (Lipinski definition) is 2. The molecule has 0 bridgehead atoms. The molecule has 34 heavy (non-hydrogen) atoms. The lowest BCUT2D eigenvalue weighted by atomic mass is 10.0. The molecule has 1 saturated heterocycles. The highest BCUT2D eigenvalue weighted by molar-refractivity contribution is 5.74. The van der Waals surface area contributed by atoms with Crippen LogP contribution in [0.15, 0.2) is 97.8 Å². The first kappa shape index (κ1) is 23.3. The number of aromatic nitrogens is 3. The van der Waals surface area contributed by atoms with E-state index in [2.05, 4.69) is 69.5 Å². The average molecular weight is 454 g/mol. The number of nitrogens with one attached hydrogen (secondary N) is 2. The van der Waals surface area contributed by atoms with Crippen LogP contribution in [0, 0.1) is 0 Å². The van der Waals surface area contributed by atoms with E-state index in [0.717, 1.165) is 41.6 Å². The van der Waals surface area contributed by atoms with E-state index in [1.165, 1.54) is 5.56 Å². The Hall–Kier alpha value is -3.90. The van der Waals surface area contributed by atoms with Crippen molar-refractivity contribution in [2.75, 3.05) is 31.2 Å². The van der Waals surface area contributed by atoms with E-state index in [4.69, 9.17) is 9.72 Å². The molecule has 0 saturated carbocycles. The van der Waals surface area contributed by atoms with Gasteiger partial charge in [-0.25, -0.2) is 4.98 Å². The van der Waals surface area contributed by atoms with Gasteiger partial charge in [0.2, 0.25) is 0 Å². The molecule has 4 rings (SSSR count). The lowest BCUT2D eigenvalue weighted by Crippen LogP contribution is -2.36. The number of aromatic amines is 1. The van der Waals surface area contributed by atoms with Gasteiger partial charge in [-0.2, -0.15) is 5.10 Å². The van der Waals surface area contributed by atoms with Gasteiger partial charge < -0.3 is 15.0 Å². The second-order valence-electron chi connectivity index (χ2n) is 7.92. The SMILES string of the molecule is C=C/C=C(\C=C/C)c1cc(N2CCOCC2)nc(C2=CC=CC(c3ccccc3)N2)ccn[nH]1. The molecule has 0 radical (unpaired) electrons. The van der Waals surface area contributed by atoms with Crippen LogP contribution in [0.25, 0.3) is 11.3 Å². The first-order valence-corrected chi connectivity index (χ1v) is 11.6.